The molecule has 0 radical (unpaired) electrons. The van der Waals surface area contributed by atoms with E-state index in [2.05, 4.69) is 17.1 Å². The van der Waals surface area contributed by atoms with Crippen LogP contribution in [0.3, 0.4) is 0 Å². The van der Waals surface area contributed by atoms with Gasteiger partial charge < -0.3 is 15.0 Å². The van der Waals surface area contributed by atoms with Crippen LogP contribution >= 0.6 is 0 Å². The maximum Gasteiger partial charge on any atom is 0.240 e. The van der Waals surface area contributed by atoms with Crippen molar-refractivity contribution in [2.24, 2.45) is 5.92 Å². The molecular formula is C15H26N2O2. The van der Waals surface area contributed by atoms with E-state index in [1.807, 2.05) is 0 Å². The van der Waals surface area contributed by atoms with Crippen LogP contribution in [0.5, 0.6) is 0 Å². The number of likely N-dealkylation sites (tertiary alicyclic amines) is 1. The third-order valence-corrected chi connectivity index (χ3v) is 4.70. The molecule has 3 fully saturated rings. The lowest BCUT2D eigenvalue weighted by Gasteiger charge is -2.38. The van der Waals surface area contributed by atoms with Gasteiger partial charge >= 0.3 is 0 Å². The maximum atomic E-state index is 12.6. The molecule has 3 aliphatic rings. The van der Waals surface area contributed by atoms with Crippen LogP contribution in [0, 0.1) is 5.92 Å². The van der Waals surface area contributed by atoms with Crippen molar-refractivity contribution in [3.63, 3.8) is 0 Å². The van der Waals surface area contributed by atoms with Crippen molar-refractivity contribution in [2.45, 2.75) is 63.6 Å². The Morgan fingerprint density at radius 2 is 2.16 bits per heavy atom. The molecule has 0 aromatic rings. The van der Waals surface area contributed by atoms with Gasteiger partial charge in [0.05, 0.1) is 18.2 Å². The van der Waals surface area contributed by atoms with E-state index >= 15 is 0 Å². The fourth-order valence-corrected chi connectivity index (χ4v) is 3.55. The van der Waals surface area contributed by atoms with Crippen LogP contribution < -0.4 is 5.32 Å². The van der Waals surface area contributed by atoms with Crippen LogP contribution in [0.2, 0.25) is 0 Å². The van der Waals surface area contributed by atoms with Crippen molar-refractivity contribution >= 4 is 5.91 Å². The van der Waals surface area contributed by atoms with Crippen LogP contribution in [0.25, 0.3) is 0 Å². The highest BCUT2D eigenvalue weighted by Gasteiger charge is 2.45. The van der Waals surface area contributed by atoms with Gasteiger partial charge in [0.25, 0.3) is 0 Å². The second-order valence-electron chi connectivity index (χ2n) is 6.21. The standard InChI is InChI=1S/C15H26N2O2/c1-2-8-16-12-4-3-9-17(15(12)18)13-7-10-19-14(13)11-5-6-11/h11-14,16H,2-10H2,1H3. The molecule has 108 valence electrons. The van der Waals surface area contributed by atoms with Gasteiger partial charge in [-0.25, -0.2) is 0 Å². The molecule has 3 rings (SSSR count). The number of carbonyl (C=O) groups is 1. The van der Waals surface area contributed by atoms with Crippen LogP contribution in [0.1, 0.15) is 45.4 Å². The number of carbonyl (C=O) groups excluding carboxylic acids is 1. The molecule has 0 aromatic heterocycles. The lowest BCUT2D eigenvalue weighted by atomic mass is 9.98. The molecule has 0 bridgehead atoms. The molecule has 2 heterocycles. The van der Waals surface area contributed by atoms with E-state index in [-0.39, 0.29) is 6.04 Å². The van der Waals surface area contributed by atoms with Gasteiger partial charge in [0, 0.05) is 13.2 Å². The Labute approximate surface area is 115 Å². The Morgan fingerprint density at radius 1 is 1.32 bits per heavy atom. The number of nitrogens with one attached hydrogen (secondary N) is 1. The van der Waals surface area contributed by atoms with Gasteiger partial charge in [-0.3, -0.25) is 4.79 Å². The van der Waals surface area contributed by atoms with Crippen molar-refractivity contribution in [1.29, 1.82) is 0 Å². The summed E-state index contributed by atoms with van der Waals surface area (Å²) in [6.07, 6.45) is 7.15. The molecule has 1 aliphatic carbocycles. The molecule has 3 unspecified atom stereocenters. The minimum absolute atomic E-state index is 0.0501. The molecule has 19 heavy (non-hydrogen) atoms. The fraction of sp³-hybridized carbons (Fsp3) is 0.933. The Kier molecular flexibility index (Phi) is 4.08. The first-order valence-corrected chi connectivity index (χ1v) is 7.96. The topological polar surface area (TPSA) is 41.6 Å². The Bertz CT molecular complexity index is 330. The summed E-state index contributed by atoms with van der Waals surface area (Å²) < 4.78 is 5.89. The van der Waals surface area contributed by atoms with Gasteiger partial charge in [-0.1, -0.05) is 6.92 Å². The van der Waals surface area contributed by atoms with Crippen LogP contribution in [0.15, 0.2) is 0 Å². The number of amides is 1. The van der Waals surface area contributed by atoms with Gasteiger partial charge in [-0.15, -0.1) is 0 Å². The molecule has 1 N–H and O–H groups in total. The summed E-state index contributed by atoms with van der Waals surface area (Å²) in [6.45, 7) is 4.85. The first kappa shape index (κ1) is 13.4. The van der Waals surface area contributed by atoms with Crippen molar-refractivity contribution < 1.29 is 9.53 Å². The molecule has 4 nitrogen and oxygen atoms in total. The second-order valence-corrected chi connectivity index (χ2v) is 6.21. The average Bonchev–Trinajstić information content (AvgIpc) is 3.16. The smallest absolute Gasteiger partial charge is 0.240 e. The summed E-state index contributed by atoms with van der Waals surface area (Å²) in [5.74, 6) is 1.05. The summed E-state index contributed by atoms with van der Waals surface area (Å²) >= 11 is 0. The number of rotatable bonds is 5. The zero-order chi connectivity index (χ0) is 13.2. The Morgan fingerprint density at radius 3 is 2.89 bits per heavy atom. The van der Waals surface area contributed by atoms with E-state index in [1.54, 1.807) is 0 Å². The van der Waals surface area contributed by atoms with E-state index in [0.717, 1.165) is 51.3 Å². The van der Waals surface area contributed by atoms with Crippen molar-refractivity contribution in [2.75, 3.05) is 19.7 Å². The molecule has 0 spiro atoms. The molecule has 2 aliphatic heterocycles. The first-order chi connectivity index (χ1) is 9.31. The maximum absolute atomic E-state index is 12.6. The van der Waals surface area contributed by atoms with Crippen LogP contribution in [0.4, 0.5) is 0 Å². The van der Waals surface area contributed by atoms with Crippen molar-refractivity contribution in [1.82, 2.24) is 10.2 Å². The molecule has 1 saturated carbocycles. The highest BCUT2D eigenvalue weighted by atomic mass is 16.5. The summed E-state index contributed by atoms with van der Waals surface area (Å²) in [7, 11) is 0. The molecule has 0 aromatic carbocycles. The summed E-state index contributed by atoms with van der Waals surface area (Å²) in [5, 5.41) is 3.40. The molecule has 2 saturated heterocycles. The number of hydrogen-bond donors (Lipinski definition) is 1. The quantitative estimate of drug-likeness (QED) is 0.821. The third kappa shape index (κ3) is 2.79. The summed E-state index contributed by atoms with van der Waals surface area (Å²) in [5.41, 5.74) is 0. The van der Waals surface area contributed by atoms with E-state index in [0.29, 0.717) is 18.1 Å². The van der Waals surface area contributed by atoms with E-state index in [4.69, 9.17) is 4.74 Å². The second kappa shape index (κ2) is 5.80. The largest absolute Gasteiger partial charge is 0.376 e. The third-order valence-electron chi connectivity index (χ3n) is 4.70. The number of nitrogens with zero attached hydrogens (tertiary/aromatic N) is 1. The Hall–Kier alpha value is -0.610. The van der Waals surface area contributed by atoms with Gasteiger partial charge in [-0.2, -0.15) is 0 Å². The number of hydrogen-bond acceptors (Lipinski definition) is 3. The molecule has 1 amide bonds. The van der Waals surface area contributed by atoms with Crippen molar-refractivity contribution in [3.8, 4) is 0 Å². The minimum atomic E-state index is 0.0501. The van der Waals surface area contributed by atoms with Gasteiger partial charge in [0.15, 0.2) is 0 Å². The normalized spacial score (nSPS) is 35.9. The van der Waals surface area contributed by atoms with E-state index in [1.165, 1.54) is 12.8 Å². The molecule has 3 atom stereocenters. The molecular weight excluding hydrogens is 240 g/mol. The zero-order valence-electron chi connectivity index (χ0n) is 11.9. The van der Waals surface area contributed by atoms with Crippen LogP contribution in [-0.2, 0) is 9.53 Å². The minimum Gasteiger partial charge on any atom is -0.376 e. The number of piperidine rings is 1. The first-order valence-electron chi connectivity index (χ1n) is 7.96. The van der Waals surface area contributed by atoms with Gasteiger partial charge in [0.1, 0.15) is 0 Å². The monoisotopic (exact) mass is 266 g/mol. The lowest BCUT2D eigenvalue weighted by molar-refractivity contribution is -0.140. The molecule has 4 heteroatoms. The van der Waals surface area contributed by atoms with Crippen molar-refractivity contribution in [3.05, 3.63) is 0 Å². The predicted molar refractivity (Wildman–Crippen MR) is 73.9 cm³/mol. The lowest BCUT2D eigenvalue weighted by Crippen LogP contribution is -2.56. The highest BCUT2D eigenvalue weighted by Crippen LogP contribution is 2.40. The Balaban J connectivity index is 1.64. The fourth-order valence-electron chi connectivity index (χ4n) is 3.55. The van der Waals surface area contributed by atoms with E-state index in [9.17, 15) is 4.79 Å². The predicted octanol–water partition coefficient (Wildman–Crippen LogP) is 1.54. The summed E-state index contributed by atoms with van der Waals surface area (Å²) in [4.78, 5) is 14.7. The zero-order valence-corrected chi connectivity index (χ0v) is 11.9. The van der Waals surface area contributed by atoms with Gasteiger partial charge in [-0.05, 0) is 51.0 Å². The highest BCUT2D eigenvalue weighted by molar-refractivity contribution is 5.83. The van der Waals surface area contributed by atoms with Gasteiger partial charge in [0.2, 0.25) is 5.91 Å². The summed E-state index contributed by atoms with van der Waals surface area (Å²) in [6, 6.07) is 0.403. The SMILES string of the molecule is CCCNC1CCCN(C2CCOC2C2CC2)C1=O. The average molecular weight is 266 g/mol. The van der Waals surface area contributed by atoms with Crippen LogP contribution in [-0.4, -0.2) is 48.7 Å². The number of ether oxygens (including phenoxy) is 1. The van der Waals surface area contributed by atoms with E-state index < -0.39 is 0 Å².